The molecule has 0 aromatic carbocycles. The Hall–Kier alpha value is -0.970. The van der Waals surface area contributed by atoms with E-state index in [4.69, 9.17) is 5.73 Å². The van der Waals surface area contributed by atoms with Gasteiger partial charge in [0.25, 0.3) is 0 Å². The van der Waals surface area contributed by atoms with Crippen LogP contribution in [0.2, 0.25) is 0 Å². The fourth-order valence-electron chi connectivity index (χ4n) is 1.66. The summed E-state index contributed by atoms with van der Waals surface area (Å²) in [6, 6.07) is 1.80. The van der Waals surface area contributed by atoms with E-state index in [0.717, 1.165) is 24.6 Å². The van der Waals surface area contributed by atoms with Crippen molar-refractivity contribution >= 4 is 23.4 Å². The minimum atomic E-state index is -0.0792. The van der Waals surface area contributed by atoms with Crippen molar-refractivity contribution in [3.8, 4) is 0 Å². The number of hydrogen-bond donors (Lipinski definition) is 2. The summed E-state index contributed by atoms with van der Waals surface area (Å²) in [5.74, 6) is 3.40. The van der Waals surface area contributed by atoms with Crippen LogP contribution in [0.15, 0.2) is 6.07 Å². The number of unbranched alkanes of at least 4 members (excludes halogenated alkanes) is 2. The Bertz CT molecular complexity index is 388. The molecule has 0 radical (unpaired) electrons. The van der Waals surface area contributed by atoms with E-state index in [1.807, 2.05) is 11.8 Å². The summed E-state index contributed by atoms with van der Waals surface area (Å²) in [5, 5.41) is 3.34. The zero-order chi connectivity index (χ0) is 14.3. The number of thioether (sulfide) groups is 1. The number of nitrogen functional groups attached to an aromatic ring is 1. The van der Waals surface area contributed by atoms with Crippen LogP contribution >= 0.6 is 11.8 Å². The summed E-state index contributed by atoms with van der Waals surface area (Å²) in [5.41, 5.74) is 5.75. The molecule has 0 aliphatic rings. The van der Waals surface area contributed by atoms with Crippen molar-refractivity contribution < 1.29 is 0 Å². The van der Waals surface area contributed by atoms with Crippen molar-refractivity contribution in [3.63, 3.8) is 0 Å². The molecule has 0 amide bonds. The van der Waals surface area contributed by atoms with Crippen LogP contribution in [-0.4, -0.2) is 28.5 Å². The molecule has 0 saturated carbocycles. The number of nitrogens with two attached hydrogens (primary N) is 1. The van der Waals surface area contributed by atoms with Gasteiger partial charge in [-0.15, -0.1) is 0 Å². The molecule has 0 aliphatic carbocycles. The predicted octanol–water partition coefficient (Wildman–Crippen LogP) is 3.30. The number of nitrogens with zero attached hydrogens (tertiary/aromatic N) is 2. The van der Waals surface area contributed by atoms with E-state index in [-0.39, 0.29) is 5.41 Å². The van der Waals surface area contributed by atoms with Crippen LogP contribution in [0.1, 0.15) is 45.9 Å². The lowest BCUT2D eigenvalue weighted by Gasteiger charge is -2.18. The van der Waals surface area contributed by atoms with Gasteiger partial charge < -0.3 is 11.1 Å². The molecule has 0 fully saturated rings. The first-order valence-corrected chi connectivity index (χ1v) is 8.20. The highest BCUT2D eigenvalue weighted by molar-refractivity contribution is 7.98. The minimum absolute atomic E-state index is 0.0792. The Morgan fingerprint density at radius 1 is 1.21 bits per heavy atom. The molecule has 108 valence electrons. The molecule has 1 heterocycles. The van der Waals surface area contributed by atoms with Crippen molar-refractivity contribution in [2.75, 3.05) is 29.6 Å². The lowest BCUT2D eigenvalue weighted by molar-refractivity contribution is 0.547. The number of anilines is 2. The molecular formula is C14H26N4S. The standard InChI is InChI=1S/C14H26N4S/c1-14(2,3)13-17-11(15)10-12(18-13)16-8-6-5-7-9-19-4/h10H,5-9H2,1-4H3,(H3,15,16,17,18). The van der Waals surface area contributed by atoms with E-state index in [2.05, 4.69) is 42.3 Å². The maximum Gasteiger partial charge on any atom is 0.138 e. The van der Waals surface area contributed by atoms with Crippen LogP contribution < -0.4 is 11.1 Å². The lowest BCUT2D eigenvalue weighted by atomic mass is 9.96. The van der Waals surface area contributed by atoms with E-state index >= 15 is 0 Å². The van der Waals surface area contributed by atoms with Gasteiger partial charge in [-0.05, 0) is 24.9 Å². The Labute approximate surface area is 121 Å². The van der Waals surface area contributed by atoms with Crippen molar-refractivity contribution in [1.29, 1.82) is 0 Å². The third-order valence-corrected chi connectivity index (χ3v) is 3.45. The Balaban J connectivity index is 2.48. The highest BCUT2D eigenvalue weighted by Crippen LogP contribution is 2.21. The molecule has 1 aromatic heterocycles. The Morgan fingerprint density at radius 3 is 2.58 bits per heavy atom. The van der Waals surface area contributed by atoms with Crippen molar-refractivity contribution in [1.82, 2.24) is 9.97 Å². The highest BCUT2D eigenvalue weighted by atomic mass is 32.2. The first kappa shape index (κ1) is 16.1. The molecule has 0 bridgehead atoms. The normalized spacial score (nSPS) is 11.6. The second-order valence-corrected chi connectivity index (χ2v) is 6.72. The van der Waals surface area contributed by atoms with Gasteiger partial charge in [-0.25, -0.2) is 9.97 Å². The zero-order valence-corrected chi connectivity index (χ0v) is 13.3. The topological polar surface area (TPSA) is 63.8 Å². The van der Waals surface area contributed by atoms with E-state index in [1.165, 1.54) is 18.6 Å². The Morgan fingerprint density at radius 2 is 1.95 bits per heavy atom. The molecule has 0 unspecified atom stereocenters. The van der Waals surface area contributed by atoms with Crippen LogP contribution in [0, 0.1) is 0 Å². The van der Waals surface area contributed by atoms with Crippen molar-refractivity contribution in [2.45, 2.75) is 45.4 Å². The molecule has 0 spiro atoms. The first-order chi connectivity index (χ1) is 8.93. The molecule has 19 heavy (non-hydrogen) atoms. The average Bonchev–Trinajstić information content (AvgIpc) is 2.32. The number of rotatable bonds is 7. The second kappa shape index (κ2) is 7.58. The third-order valence-electron chi connectivity index (χ3n) is 2.75. The number of aromatic nitrogens is 2. The number of hydrogen-bond acceptors (Lipinski definition) is 5. The van der Waals surface area contributed by atoms with Crippen molar-refractivity contribution in [2.24, 2.45) is 0 Å². The van der Waals surface area contributed by atoms with Gasteiger partial charge in [-0.2, -0.15) is 11.8 Å². The molecular weight excluding hydrogens is 256 g/mol. The predicted molar refractivity (Wildman–Crippen MR) is 85.9 cm³/mol. The van der Waals surface area contributed by atoms with Gasteiger partial charge in [0.15, 0.2) is 0 Å². The molecule has 3 N–H and O–H groups in total. The molecule has 4 nitrogen and oxygen atoms in total. The SMILES string of the molecule is CSCCCCCNc1cc(N)nc(C(C)(C)C)n1. The summed E-state index contributed by atoms with van der Waals surface area (Å²) in [6.07, 6.45) is 5.84. The monoisotopic (exact) mass is 282 g/mol. The summed E-state index contributed by atoms with van der Waals surface area (Å²) in [4.78, 5) is 8.83. The largest absolute Gasteiger partial charge is 0.384 e. The minimum Gasteiger partial charge on any atom is -0.384 e. The summed E-state index contributed by atoms with van der Waals surface area (Å²) >= 11 is 1.91. The first-order valence-electron chi connectivity index (χ1n) is 6.81. The van der Waals surface area contributed by atoms with E-state index < -0.39 is 0 Å². The van der Waals surface area contributed by atoms with Gasteiger partial charge in [0.05, 0.1) is 0 Å². The fraction of sp³-hybridized carbons (Fsp3) is 0.714. The maximum absolute atomic E-state index is 5.83. The van der Waals surface area contributed by atoms with E-state index in [1.54, 1.807) is 6.07 Å². The smallest absolute Gasteiger partial charge is 0.138 e. The molecule has 0 aliphatic heterocycles. The summed E-state index contributed by atoms with van der Waals surface area (Å²) in [6.45, 7) is 7.21. The maximum atomic E-state index is 5.83. The van der Waals surface area contributed by atoms with E-state index in [9.17, 15) is 0 Å². The summed E-state index contributed by atoms with van der Waals surface area (Å²) in [7, 11) is 0. The van der Waals surface area contributed by atoms with Gasteiger partial charge >= 0.3 is 0 Å². The van der Waals surface area contributed by atoms with Crippen LogP contribution in [0.4, 0.5) is 11.6 Å². The third kappa shape index (κ3) is 6.14. The number of nitrogens with one attached hydrogen (secondary N) is 1. The Kier molecular flexibility index (Phi) is 6.42. The van der Waals surface area contributed by atoms with Gasteiger partial charge in [0.1, 0.15) is 17.5 Å². The van der Waals surface area contributed by atoms with Crippen LogP contribution in [0.25, 0.3) is 0 Å². The molecule has 5 heteroatoms. The zero-order valence-electron chi connectivity index (χ0n) is 12.5. The molecule has 1 rings (SSSR count). The van der Waals surface area contributed by atoms with Crippen molar-refractivity contribution in [3.05, 3.63) is 11.9 Å². The second-order valence-electron chi connectivity index (χ2n) is 5.73. The van der Waals surface area contributed by atoms with Gasteiger partial charge in [0, 0.05) is 18.0 Å². The van der Waals surface area contributed by atoms with Crippen LogP contribution in [0.3, 0.4) is 0 Å². The van der Waals surface area contributed by atoms with Crippen LogP contribution in [-0.2, 0) is 5.41 Å². The average molecular weight is 282 g/mol. The fourth-order valence-corrected chi connectivity index (χ4v) is 2.15. The highest BCUT2D eigenvalue weighted by Gasteiger charge is 2.18. The molecule has 1 aromatic rings. The molecule has 0 saturated heterocycles. The summed E-state index contributed by atoms with van der Waals surface area (Å²) < 4.78 is 0. The van der Waals surface area contributed by atoms with Gasteiger partial charge in [0.2, 0.25) is 0 Å². The molecule has 0 atom stereocenters. The van der Waals surface area contributed by atoms with Gasteiger partial charge in [-0.3, -0.25) is 0 Å². The quantitative estimate of drug-likeness (QED) is 0.751. The lowest BCUT2D eigenvalue weighted by Crippen LogP contribution is -2.18. The van der Waals surface area contributed by atoms with Gasteiger partial charge in [-0.1, -0.05) is 27.2 Å². The van der Waals surface area contributed by atoms with Crippen LogP contribution in [0.5, 0.6) is 0 Å². The van der Waals surface area contributed by atoms with E-state index in [0.29, 0.717) is 5.82 Å².